The molecule has 1 heterocycles. The van der Waals surface area contributed by atoms with Crippen molar-refractivity contribution in [2.75, 3.05) is 6.54 Å². The second-order valence-corrected chi connectivity index (χ2v) is 5.93. The molecule has 0 bridgehead atoms. The first-order chi connectivity index (χ1) is 10.9. The number of rotatable bonds is 6. The Labute approximate surface area is 135 Å². The van der Waals surface area contributed by atoms with Gasteiger partial charge in [0.05, 0.1) is 5.69 Å². The van der Waals surface area contributed by atoms with Crippen LogP contribution in [-0.2, 0) is 0 Å². The fraction of sp³-hybridized carbons (Fsp3) is 0.412. The van der Waals surface area contributed by atoms with Crippen molar-refractivity contribution in [3.8, 4) is 5.69 Å². The molecule has 124 valence electrons. The number of carbonyl (C=O) groups is 1. The summed E-state index contributed by atoms with van der Waals surface area (Å²) in [6, 6.07) is 8.77. The van der Waals surface area contributed by atoms with Gasteiger partial charge in [-0.15, -0.1) is 0 Å². The average Bonchev–Trinajstić information content (AvgIpc) is 2.95. The molecule has 1 amide bonds. The van der Waals surface area contributed by atoms with Crippen LogP contribution in [-0.4, -0.2) is 27.8 Å². The summed E-state index contributed by atoms with van der Waals surface area (Å²) in [4.78, 5) is 24.3. The lowest BCUT2D eigenvalue weighted by atomic mass is 9.94. The summed E-state index contributed by atoms with van der Waals surface area (Å²) in [5.74, 6) is -0.329. The lowest BCUT2D eigenvalue weighted by Crippen LogP contribution is -2.49. The van der Waals surface area contributed by atoms with Crippen molar-refractivity contribution in [2.24, 2.45) is 5.73 Å². The van der Waals surface area contributed by atoms with Crippen LogP contribution in [0.4, 0.5) is 0 Å². The molecule has 0 aliphatic carbocycles. The van der Waals surface area contributed by atoms with Gasteiger partial charge >= 0.3 is 0 Å². The zero-order valence-electron chi connectivity index (χ0n) is 13.8. The van der Waals surface area contributed by atoms with Crippen LogP contribution in [0.15, 0.2) is 35.1 Å². The van der Waals surface area contributed by atoms with Crippen LogP contribution < -0.4 is 16.6 Å². The van der Waals surface area contributed by atoms with Crippen molar-refractivity contribution < 1.29 is 4.79 Å². The molecule has 0 saturated carbocycles. The van der Waals surface area contributed by atoms with Crippen LogP contribution in [0.1, 0.15) is 42.7 Å². The predicted molar refractivity (Wildman–Crippen MR) is 91.0 cm³/mol. The van der Waals surface area contributed by atoms with Gasteiger partial charge in [-0.3, -0.25) is 14.7 Å². The van der Waals surface area contributed by atoms with Crippen molar-refractivity contribution >= 4 is 5.91 Å². The third-order valence-electron chi connectivity index (χ3n) is 4.27. The minimum Gasteiger partial charge on any atom is -0.349 e. The minimum atomic E-state index is -0.421. The van der Waals surface area contributed by atoms with Gasteiger partial charge in [0.2, 0.25) is 0 Å². The van der Waals surface area contributed by atoms with Crippen molar-refractivity contribution in [3.63, 3.8) is 0 Å². The maximum absolute atomic E-state index is 12.2. The molecule has 0 aliphatic heterocycles. The number of carbonyl (C=O) groups excluding carboxylic acids is 1. The van der Waals surface area contributed by atoms with E-state index in [1.165, 1.54) is 10.7 Å². The van der Waals surface area contributed by atoms with Gasteiger partial charge in [-0.1, -0.05) is 31.5 Å². The van der Waals surface area contributed by atoms with Crippen LogP contribution >= 0.6 is 0 Å². The molecule has 0 radical (unpaired) electrons. The van der Waals surface area contributed by atoms with E-state index in [0.29, 0.717) is 12.2 Å². The standard InChI is InChI=1S/C17H24N4O2/c1-4-17(18,5-2)11-19-16(23)14-10-15(22)21(20-14)13-8-6-12(3)7-9-13/h6-10,20H,4-5,11,18H2,1-3H3,(H,19,23). The summed E-state index contributed by atoms with van der Waals surface area (Å²) in [7, 11) is 0. The Morgan fingerprint density at radius 1 is 1.26 bits per heavy atom. The fourth-order valence-electron chi connectivity index (χ4n) is 2.25. The molecule has 0 aliphatic rings. The Bertz CT molecular complexity index is 724. The second kappa shape index (κ2) is 6.83. The fourth-order valence-corrected chi connectivity index (χ4v) is 2.25. The van der Waals surface area contributed by atoms with E-state index in [1.54, 1.807) is 0 Å². The van der Waals surface area contributed by atoms with Crippen LogP contribution in [0.2, 0.25) is 0 Å². The predicted octanol–water partition coefficient (Wildman–Crippen LogP) is 1.72. The molecular formula is C17H24N4O2. The van der Waals surface area contributed by atoms with Crippen LogP contribution in [0, 0.1) is 6.92 Å². The molecule has 1 aromatic heterocycles. The van der Waals surface area contributed by atoms with Crippen LogP contribution in [0.3, 0.4) is 0 Å². The number of hydrogen-bond donors (Lipinski definition) is 3. The van der Waals surface area contributed by atoms with Gasteiger partial charge in [0.1, 0.15) is 5.69 Å². The number of hydrogen-bond acceptors (Lipinski definition) is 3. The Morgan fingerprint density at radius 3 is 2.43 bits per heavy atom. The molecule has 0 spiro atoms. The first-order valence-electron chi connectivity index (χ1n) is 7.84. The quantitative estimate of drug-likeness (QED) is 0.757. The minimum absolute atomic E-state index is 0.227. The summed E-state index contributed by atoms with van der Waals surface area (Å²) >= 11 is 0. The number of benzene rings is 1. The number of amides is 1. The highest BCUT2D eigenvalue weighted by Crippen LogP contribution is 2.10. The second-order valence-electron chi connectivity index (χ2n) is 5.93. The number of nitrogens with zero attached hydrogens (tertiary/aromatic N) is 1. The van der Waals surface area contributed by atoms with Crippen molar-refractivity contribution in [3.05, 3.63) is 51.9 Å². The molecule has 6 nitrogen and oxygen atoms in total. The molecule has 23 heavy (non-hydrogen) atoms. The van der Waals surface area contributed by atoms with Gasteiger partial charge in [-0.25, -0.2) is 4.68 Å². The van der Waals surface area contributed by atoms with Crippen molar-refractivity contribution in [2.45, 2.75) is 39.2 Å². The van der Waals surface area contributed by atoms with Gasteiger partial charge in [0.15, 0.2) is 0 Å². The topological polar surface area (TPSA) is 92.9 Å². The van der Waals surface area contributed by atoms with E-state index in [-0.39, 0.29) is 17.2 Å². The highest BCUT2D eigenvalue weighted by molar-refractivity contribution is 5.92. The van der Waals surface area contributed by atoms with Crippen LogP contribution in [0.25, 0.3) is 5.69 Å². The molecule has 0 unspecified atom stereocenters. The first kappa shape index (κ1) is 17.0. The largest absolute Gasteiger partial charge is 0.349 e. The maximum Gasteiger partial charge on any atom is 0.271 e. The zero-order chi connectivity index (χ0) is 17.0. The summed E-state index contributed by atoms with van der Waals surface area (Å²) < 4.78 is 1.35. The van der Waals surface area contributed by atoms with E-state index in [0.717, 1.165) is 18.4 Å². The Morgan fingerprint density at radius 2 is 1.87 bits per heavy atom. The lowest BCUT2D eigenvalue weighted by Gasteiger charge is -2.26. The van der Waals surface area contributed by atoms with Gasteiger partial charge in [0, 0.05) is 18.2 Å². The molecular weight excluding hydrogens is 292 g/mol. The normalized spacial score (nSPS) is 11.5. The van der Waals surface area contributed by atoms with Crippen molar-refractivity contribution in [1.82, 2.24) is 15.1 Å². The number of aromatic amines is 1. The highest BCUT2D eigenvalue weighted by atomic mass is 16.2. The molecule has 2 rings (SSSR count). The van der Waals surface area contributed by atoms with E-state index < -0.39 is 5.54 Å². The zero-order valence-corrected chi connectivity index (χ0v) is 13.8. The number of nitrogens with one attached hydrogen (secondary N) is 2. The van der Waals surface area contributed by atoms with Gasteiger partial charge in [-0.2, -0.15) is 0 Å². The van der Waals surface area contributed by atoms with Gasteiger partial charge in [0.25, 0.3) is 11.5 Å². The number of nitrogens with two attached hydrogens (primary N) is 1. The molecule has 1 aromatic carbocycles. The maximum atomic E-state index is 12.2. The summed E-state index contributed by atoms with van der Waals surface area (Å²) in [5, 5.41) is 5.64. The molecule has 0 saturated heterocycles. The third-order valence-corrected chi connectivity index (χ3v) is 4.27. The molecule has 0 atom stereocenters. The highest BCUT2D eigenvalue weighted by Gasteiger charge is 2.22. The Balaban J connectivity index is 2.16. The average molecular weight is 316 g/mol. The summed E-state index contributed by atoms with van der Waals surface area (Å²) in [5.41, 5.74) is 7.49. The first-order valence-corrected chi connectivity index (χ1v) is 7.84. The van der Waals surface area contributed by atoms with E-state index in [9.17, 15) is 9.59 Å². The van der Waals surface area contributed by atoms with E-state index in [1.807, 2.05) is 45.0 Å². The molecule has 2 aromatic rings. The van der Waals surface area contributed by atoms with E-state index in [4.69, 9.17) is 5.73 Å². The summed E-state index contributed by atoms with van der Waals surface area (Å²) in [6.07, 6.45) is 1.54. The Hall–Kier alpha value is -2.34. The molecule has 6 heteroatoms. The van der Waals surface area contributed by atoms with E-state index >= 15 is 0 Å². The van der Waals surface area contributed by atoms with Gasteiger partial charge < -0.3 is 11.1 Å². The molecule has 4 N–H and O–H groups in total. The number of aromatic nitrogens is 2. The SMILES string of the molecule is CCC(N)(CC)CNC(=O)c1cc(=O)n(-c2ccc(C)cc2)[nH]1. The van der Waals surface area contributed by atoms with E-state index in [2.05, 4.69) is 10.4 Å². The number of H-pyrrole nitrogens is 1. The monoisotopic (exact) mass is 316 g/mol. The lowest BCUT2D eigenvalue weighted by molar-refractivity contribution is 0.0936. The van der Waals surface area contributed by atoms with Crippen LogP contribution in [0.5, 0.6) is 0 Å². The number of aryl methyl sites for hydroxylation is 1. The summed E-state index contributed by atoms with van der Waals surface area (Å²) in [6.45, 7) is 6.33. The third kappa shape index (κ3) is 3.90. The Kier molecular flexibility index (Phi) is 5.05. The molecule has 0 fully saturated rings. The van der Waals surface area contributed by atoms with Crippen molar-refractivity contribution in [1.29, 1.82) is 0 Å². The smallest absolute Gasteiger partial charge is 0.271 e. The van der Waals surface area contributed by atoms with Gasteiger partial charge in [-0.05, 0) is 31.9 Å².